The molecule has 7 heteroatoms. The van der Waals surface area contributed by atoms with E-state index in [9.17, 15) is 4.79 Å². The standard InChI is InChI=1S/C24H22BrIN2O3/c1-3-30-22-13-18(14-27-28-24(29)20-7-5-4-6-16(20)2)12-21(25)23(22)31-15-17-8-10-19(26)11-9-17/h4-14H,3,15H2,1-2H3,(H,28,29)/b27-14+. The summed E-state index contributed by atoms with van der Waals surface area (Å²) in [6, 6.07) is 19.2. The van der Waals surface area contributed by atoms with Crippen LogP contribution in [0.5, 0.6) is 11.5 Å². The summed E-state index contributed by atoms with van der Waals surface area (Å²) in [5, 5.41) is 4.09. The molecular weight excluding hydrogens is 571 g/mol. The van der Waals surface area contributed by atoms with Crippen LogP contribution in [0.25, 0.3) is 0 Å². The van der Waals surface area contributed by atoms with Crippen molar-refractivity contribution in [3.63, 3.8) is 0 Å². The fraction of sp³-hybridized carbons (Fsp3) is 0.167. The Morgan fingerprint density at radius 2 is 1.87 bits per heavy atom. The molecule has 1 amide bonds. The zero-order valence-corrected chi connectivity index (χ0v) is 20.9. The first kappa shape index (κ1) is 23.3. The van der Waals surface area contributed by atoms with Crippen molar-refractivity contribution in [3.8, 4) is 11.5 Å². The predicted octanol–water partition coefficient (Wildman–Crippen LogP) is 6.10. The van der Waals surface area contributed by atoms with Crippen LogP contribution in [0.4, 0.5) is 0 Å². The van der Waals surface area contributed by atoms with Gasteiger partial charge < -0.3 is 9.47 Å². The van der Waals surface area contributed by atoms with Crippen molar-refractivity contribution < 1.29 is 14.3 Å². The van der Waals surface area contributed by atoms with Crippen molar-refractivity contribution in [2.75, 3.05) is 6.61 Å². The quantitative estimate of drug-likeness (QED) is 0.195. The summed E-state index contributed by atoms with van der Waals surface area (Å²) < 4.78 is 13.7. The highest BCUT2D eigenvalue weighted by atomic mass is 127. The fourth-order valence-electron chi connectivity index (χ4n) is 2.85. The van der Waals surface area contributed by atoms with Gasteiger partial charge in [-0.2, -0.15) is 5.10 Å². The van der Waals surface area contributed by atoms with Gasteiger partial charge in [0, 0.05) is 9.13 Å². The minimum Gasteiger partial charge on any atom is -0.490 e. The summed E-state index contributed by atoms with van der Waals surface area (Å²) in [6.07, 6.45) is 1.58. The van der Waals surface area contributed by atoms with Crippen LogP contribution in [0, 0.1) is 10.5 Å². The Labute approximate surface area is 204 Å². The number of rotatable bonds is 8. The molecule has 0 saturated heterocycles. The number of ether oxygens (including phenoxy) is 2. The van der Waals surface area contributed by atoms with Gasteiger partial charge in [-0.3, -0.25) is 4.79 Å². The fourth-order valence-corrected chi connectivity index (χ4v) is 3.79. The van der Waals surface area contributed by atoms with Crippen molar-refractivity contribution in [2.45, 2.75) is 20.5 Å². The summed E-state index contributed by atoms with van der Waals surface area (Å²) in [7, 11) is 0. The smallest absolute Gasteiger partial charge is 0.271 e. The van der Waals surface area contributed by atoms with Crippen molar-refractivity contribution in [2.24, 2.45) is 5.10 Å². The highest BCUT2D eigenvalue weighted by molar-refractivity contribution is 14.1. The van der Waals surface area contributed by atoms with E-state index in [1.807, 2.05) is 68.4 Å². The number of nitrogens with one attached hydrogen (secondary N) is 1. The summed E-state index contributed by atoms with van der Waals surface area (Å²) in [5.41, 5.74) is 5.89. The molecule has 0 aliphatic carbocycles. The second-order valence-corrected chi connectivity index (χ2v) is 8.79. The second kappa shape index (κ2) is 11.3. The number of nitrogens with zero attached hydrogens (tertiary/aromatic N) is 1. The van der Waals surface area contributed by atoms with E-state index in [4.69, 9.17) is 9.47 Å². The van der Waals surface area contributed by atoms with E-state index in [-0.39, 0.29) is 5.91 Å². The number of amides is 1. The van der Waals surface area contributed by atoms with Crippen LogP contribution in [0.2, 0.25) is 0 Å². The molecule has 0 bridgehead atoms. The van der Waals surface area contributed by atoms with Gasteiger partial charge in [0.15, 0.2) is 11.5 Å². The minimum absolute atomic E-state index is 0.254. The largest absolute Gasteiger partial charge is 0.490 e. The van der Waals surface area contributed by atoms with E-state index in [0.29, 0.717) is 30.3 Å². The average Bonchev–Trinajstić information content (AvgIpc) is 2.75. The number of hydrogen-bond donors (Lipinski definition) is 1. The molecule has 31 heavy (non-hydrogen) atoms. The highest BCUT2D eigenvalue weighted by Crippen LogP contribution is 2.37. The Kier molecular flexibility index (Phi) is 8.48. The Hall–Kier alpha value is -2.39. The molecule has 0 saturated carbocycles. The van der Waals surface area contributed by atoms with Crippen LogP contribution in [-0.4, -0.2) is 18.7 Å². The number of hydrogen-bond acceptors (Lipinski definition) is 4. The van der Waals surface area contributed by atoms with Crippen molar-refractivity contribution in [1.82, 2.24) is 5.43 Å². The topological polar surface area (TPSA) is 59.9 Å². The first-order chi connectivity index (χ1) is 15.0. The minimum atomic E-state index is -0.254. The molecule has 0 radical (unpaired) electrons. The molecule has 0 atom stereocenters. The van der Waals surface area contributed by atoms with Gasteiger partial charge in [-0.15, -0.1) is 0 Å². The van der Waals surface area contributed by atoms with Gasteiger partial charge in [-0.1, -0.05) is 30.3 Å². The van der Waals surface area contributed by atoms with Gasteiger partial charge >= 0.3 is 0 Å². The number of carbonyl (C=O) groups is 1. The van der Waals surface area contributed by atoms with Gasteiger partial charge in [0.05, 0.1) is 17.3 Å². The molecule has 1 N–H and O–H groups in total. The van der Waals surface area contributed by atoms with Crippen LogP contribution < -0.4 is 14.9 Å². The summed E-state index contributed by atoms with van der Waals surface area (Å²) in [4.78, 5) is 12.3. The van der Waals surface area contributed by atoms with E-state index >= 15 is 0 Å². The molecule has 0 heterocycles. The zero-order valence-electron chi connectivity index (χ0n) is 17.2. The van der Waals surface area contributed by atoms with E-state index in [1.165, 1.54) is 3.57 Å². The molecule has 0 aliphatic heterocycles. The molecule has 0 spiro atoms. The van der Waals surface area contributed by atoms with Gasteiger partial charge in [0.1, 0.15) is 6.61 Å². The van der Waals surface area contributed by atoms with E-state index in [2.05, 4.69) is 49.0 Å². The maximum atomic E-state index is 12.3. The van der Waals surface area contributed by atoms with Crippen LogP contribution in [0.3, 0.4) is 0 Å². The summed E-state index contributed by atoms with van der Waals surface area (Å²) >= 11 is 5.84. The highest BCUT2D eigenvalue weighted by Gasteiger charge is 2.13. The molecule has 3 rings (SSSR count). The summed E-state index contributed by atoms with van der Waals surface area (Å²) in [6.45, 7) is 4.73. The molecule has 0 fully saturated rings. The first-order valence-electron chi connectivity index (χ1n) is 9.70. The lowest BCUT2D eigenvalue weighted by Crippen LogP contribution is -2.18. The van der Waals surface area contributed by atoms with Crippen LogP contribution in [0.15, 0.2) is 70.2 Å². The second-order valence-electron chi connectivity index (χ2n) is 6.69. The molecular formula is C24H22BrIN2O3. The molecule has 5 nitrogen and oxygen atoms in total. The van der Waals surface area contributed by atoms with E-state index in [0.717, 1.165) is 21.2 Å². The van der Waals surface area contributed by atoms with Crippen LogP contribution in [-0.2, 0) is 6.61 Å². The van der Waals surface area contributed by atoms with Gasteiger partial charge in [-0.05, 0) is 99.4 Å². The molecule has 3 aromatic carbocycles. The van der Waals surface area contributed by atoms with Gasteiger partial charge in [0.25, 0.3) is 5.91 Å². The molecule has 0 aliphatic rings. The third kappa shape index (κ3) is 6.54. The zero-order chi connectivity index (χ0) is 22.2. The van der Waals surface area contributed by atoms with Crippen LogP contribution in [0.1, 0.15) is 34.0 Å². The normalized spacial score (nSPS) is 10.8. The number of aryl methyl sites for hydroxylation is 1. The first-order valence-corrected chi connectivity index (χ1v) is 11.6. The Morgan fingerprint density at radius 3 is 2.58 bits per heavy atom. The number of hydrazone groups is 1. The maximum absolute atomic E-state index is 12.3. The van der Waals surface area contributed by atoms with Crippen molar-refractivity contribution in [3.05, 3.63) is 91.0 Å². The monoisotopic (exact) mass is 592 g/mol. The molecule has 160 valence electrons. The third-order valence-electron chi connectivity index (χ3n) is 4.40. The number of carbonyl (C=O) groups excluding carboxylic acids is 1. The summed E-state index contributed by atoms with van der Waals surface area (Å²) in [5.74, 6) is 0.978. The van der Waals surface area contributed by atoms with E-state index < -0.39 is 0 Å². The predicted molar refractivity (Wildman–Crippen MR) is 135 cm³/mol. The third-order valence-corrected chi connectivity index (χ3v) is 5.71. The lowest BCUT2D eigenvalue weighted by molar-refractivity contribution is 0.0954. The van der Waals surface area contributed by atoms with E-state index in [1.54, 1.807) is 12.3 Å². The van der Waals surface area contributed by atoms with Gasteiger partial charge in [-0.25, -0.2) is 5.43 Å². The van der Waals surface area contributed by atoms with Crippen molar-refractivity contribution in [1.29, 1.82) is 0 Å². The Balaban J connectivity index is 1.73. The molecule has 0 unspecified atom stereocenters. The SMILES string of the molecule is CCOc1cc(/C=N/NC(=O)c2ccccc2C)cc(Br)c1OCc1ccc(I)cc1. The Morgan fingerprint density at radius 1 is 1.13 bits per heavy atom. The van der Waals surface area contributed by atoms with Gasteiger partial charge in [0.2, 0.25) is 0 Å². The molecule has 3 aromatic rings. The lowest BCUT2D eigenvalue weighted by atomic mass is 10.1. The number of halogens is 2. The van der Waals surface area contributed by atoms with Crippen LogP contribution >= 0.6 is 38.5 Å². The van der Waals surface area contributed by atoms with Crippen molar-refractivity contribution >= 4 is 50.6 Å². The maximum Gasteiger partial charge on any atom is 0.271 e. The Bertz CT molecular complexity index is 1080. The molecule has 0 aromatic heterocycles. The lowest BCUT2D eigenvalue weighted by Gasteiger charge is -2.14. The number of benzene rings is 3. The average molecular weight is 593 g/mol.